The first-order chi connectivity index (χ1) is 7.41. The normalized spacial score (nSPS) is 12.8. The Morgan fingerprint density at radius 1 is 1.50 bits per heavy atom. The van der Waals surface area contributed by atoms with E-state index in [9.17, 15) is 13.2 Å². The van der Waals surface area contributed by atoms with E-state index in [-0.39, 0.29) is 18.8 Å². The molecule has 7 heteroatoms. The molecule has 16 heavy (non-hydrogen) atoms. The van der Waals surface area contributed by atoms with E-state index in [2.05, 4.69) is 0 Å². The van der Waals surface area contributed by atoms with Crippen LogP contribution in [0.25, 0.3) is 0 Å². The second-order valence-electron chi connectivity index (χ2n) is 3.26. The second kappa shape index (κ2) is 7.19. The zero-order chi connectivity index (χ0) is 12.6. The molecule has 0 heterocycles. The third kappa shape index (κ3) is 7.20. The zero-order valence-corrected chi connectivity index (χ0v) is 10.1. The van der Waals surface area contributed by atoms with Crippen LogP contribution < -0.4 is 0 Å². The van der Waals surface area contributed by atoms with Crippen LogP contribution in [0.4, 0.5) is 0 Å². The molecule has 0 spiro atoms. The third-order valence-electron chi connectivity index (χ3n) is 1.60. The summed E-state index contributed by atoms with van der Waals surface area (Å²) in [7, 11) is -2.09. The molecule has 0 saturated heterocycles. The zero-order valence-electron chi connectivity index (χ0n) is 9.30. The number of methoxy groups -OCH3 is 1. The molecular weight excluding hydrogens is 234 g/mol. The summed E-state index contributed by atoms with van der Waals surface area (Å²) in [5.41, 5.74) is 0. The first-order valence-electron chi connectivity index (χ1n) is 4.67. The molecule has 0 aromatic rings. The van der Waals surface area contributed by atoms with Crippen molar-refractivity contribution < 1.29 is 22.7 Å². The number of ether oxygens (including phenoxy) is 2. The predicted octanol–water partition coefficient (Wildman–Crippen LogP) is -0.107. The lowest BCUT2D eigenvalue weighted by molar-refractivity contribution is -0.147. The molecule has 0 rings (SSSR count). The maximum Gasteiger partial charge on any atom is 0.321 e. The quantitative estimate of drug-likeness (QED) is 0.584. The Hall–Kier alpha value is -1.13. The highest BCUT2D eigenvalue weighted by molar-refractivity contribution is 7.92. The topological polar surface area (TPSA) is 93.5 Å². The summed E-state index contributed by atoms with van der Waals surface area (Å²) in [5, 5.41) is 8.23. The summed E-state index contributed by atoms with van der Waals surface area (Å²) in [5.74, 6) is -1.83. The number of esters is 1. The van der Waals surface area contributed by atoms with Gasteiger partial charge >= 0.3 is 5.97 Å². The number of hydrogen-bond acceptors (Lipinski definition) is 6. The second-order valence-corrected chi connectivity index (χ2v) is 5.44. The van der Waals surface area contributed by atoms with Crippen LogP contribution in [0, 0.1) is 11.3 Å². The van der Waals surface area contributed by atoms with Crippen molar-refractivity contribution in [1.82, 2.24) is 0 Å². The monoisotopic (exact) mass is 249 g/mol. The molecule has 1 atom stereocenters. The number of rotatable bonds is 7. The van der Waals surface area contributed by atoms with Crippen molar-refractivity contribution in [1.29, 1.82) is 5.26 Å². The fourth-order valence-corrected chi connectivity index (χ4v) is 1.95. The molecule has 0 bridgehead atoms. The van der Waals surface area contributed by atoms with E-state index in [0.717, 1.165) is 0 Å². The highest BCUT2D eigenvalue weighted by Crippen LogP contribution is 1.98. The third-order valence-corrected chi connectivity index (χ3v) is 3.10. The number of carbonyl (C=O) groups excluding carboxylic acids is 1. The number of nitrogens with zero attached hydrogens (tertiary/aromatic N) is 1. The first kappa shape index (κ1) is 14.9. The molecule has 0 aromatic heterocycles. The van der Waals surface area contributed by atoms with Gasteiger partial charge in [-0.3, -0.25) is 4.79 Å². The van der Waals surface area contributed by atoms with Gasteiger partial charge in [-0.25, -0.2) is 8.42 Å². The maximum atomic E-state index is 11.3. The molecule has 0 radical (unpaired) electrons. The van der Waals surface area contributed by atoms with Crippen molar-refractivity contribution in [2.75, 3.05) is 25.2 Å². The SMILES string of the molecule is COCC(C)OC(=O)CS(=O)(=O)CCC#N. The standard InChI is InChI=1S/C9H15NO5S/c1-8(6-14-2)15-9(11)7-16(12,13)5-3-4-10/h8H,3,5-7H2,1-2H3. The minimum absolute atomic E-state index is 0.122. The van der Waals surface area contributed by atoms with Crippen molar-refractivity contribution in [3.05, 3.63) is 0 Å². The summed E-state index contributed by atoms with van der Waals surface area (Å²) >= 11 is 0. The van der Waals surface area contributed by atoms with Gasteiger partial charge in [0.25, 0.3) is 0 Å². The highest BCUT2D eigenvalue weighted by atomic mass is 32.2. The lowest BCUT2D eigenvalue weighted by Crippen LogP contribution is -2.26. The number of nitriles is 1. The molecule has 0 aliphatic rings. The van der Waals surface area contributed by atoms with Gasteiger partial charge in [0, 0.05) is 13.5 Å². The molecule has 92 valence electrons. The fraction of sp³-hybridized carbons (Fsp3) is 0.778. The molecule has 0 saturated carbocycles. The average Bonchev–Trinajstić information content (AvgIpc) is 2.13. The van der Waals surface area contributed by atoms with Gasteiger partial charge < -0.3 is 9.47 Å². The molecule has 1 unspecified atom stereocenters. The molecule has 6 nitrogen and oxygen atoms in total. The molecular formula is C9H15NO5S. The molecule has 0 aliphatic carbocycles. The van der Waals surface area contributed by atoms with Crippen LogP contribution in [-0.4, -0.2) is 45.7 Å². The Morgan fingerprint density at radius 3 is 2.62 bits per heavy atom. The molecule has 0 fully saturated rings. The smallest absolute Gasteiger partial charge is 0.321 e. The van der Waals surface area contributed by atoms with E-state index >= 15 is 0 Å². The van der Waals surface area contributed by atoms with Crippen molar-refractivity contribution >= 4 is 15.8 Å². The van der Waals surface area contributed by atoms with Crippen LogP contribution in [0.5, 0.6) is 0 Å². The van der Waals surface area contributed by atoms with Crippen molar-refractivity contribution in [3.8, 4) is 6.07 Å². The Labute approximate surface area is 95.1 Å². The summed E-state index contributed by atoms with van der Waals surface area (Å²) in [4.78, 5) is 11.2. The van der Waals surface area contributed by atoms with Gasteiger partial charge in [0.15, 0.2) is 9.84 Å². The largest absolute Gasteiger partial charge is 0.459 e. The van der Waals surface area contributed by atoms with Gasteiger partial charge in [0.2, 0.25) is 0 Å². The summed E-state index contributed by atoms with van der Waals surface area (Å²) < 4.78 is 32.0. The van der Waals surface area contributed by atoms with E-state index in [1.165, 1.54) is 7.11 Å². The lowest BCUT2D eigenvalue weighted by Gasteiger charge is -2.11. The Kier molecular flexibility index (Phi) is 6.69. The van der Waals surface area contributed by atoms with Gasteiger partial charge in [-0.1, -0.05) is 0 Å². The van der Waals surface area contributed by atoms with Crippen LogP contribution in [0.2, 0.25) is 0 Å². The van der Waals surface area contributed by atoms with Crippen LogP contribution in [-0.2, 0) is 24.1 Å². The lowest BCUT2D eigenvalue weighted by atomic mass is 10.4. The van der Waals surface area contributed by atoms with Gasteiger partial charge in [0.1, 0.15) is 11.9 Å². The van der Waals surface area contributed by atoms with Crippen molar-refractivity contribution in [2.24, 2.45) is 0 Å². The predicted molar refractivity (Wildman–Crippen MR) is 56.3 cm³/mol. The van der Waals surface area contributed by atoms with E-state index in [4.69, 9.17) is 14.7 Å². The number of carbonyl (C=O) groups is 1. The van der Waals surface area contributed by atoms with Gasteiger partial charge in [0.05, 0.1) is 18.4 Å². The van der Waals surface area contributed by atoms with E-state index in [1.807, 2.05) is 0 Å². The maximum absolute atomic E-state index is 11.3. The van der Waals surface area contributed by atoms with E-state index in [1.54, 1.807) is 13.0 Å². The molecule has 0 aromatic carbocycles. The van der Waals surface area contributed by atoms with Crippen LogP contribution in [0.1, 0.15) is 13.3 Å². The van der Waals surface area contributed by atoms with Crippen molar-refractivity contribution in [3.63, 3.8) is 0 Å². The summed E-state index contributed by atoms with van der Waals surface area (Å²) in [6.45, 7) is 1.81. The number of hydrogen-bond donors (Lipinski definition) is 0. The average molecular weight is 249 g/mol. The highest BCUT2D eigenvalue weighted by Gasteiger charge is 2.19. The Balaban J connectivity index is 4.09. The van der Waals surface area contributed by atoms with Gasteiger partial charge in [-0.05, 0) is 6.92 Å². The van der Waals surface area contributed by atoms with E-state index < -0.39 is 27.7 Å². The number of sulfone groups is 1. The van der Waals surface area contributed by atoms with Crippen LogP contribution in [0.15, 0.2) is 0 Å². The summed E-state index contributed by atoms with van der Waals surface area (Å²) in [6, 6.07) is 1.71. The molecule has 0 aliphatic heterocycles. The molecule has 0 N–H and O–H groups in total. The van der Waals surface area contributed by atoms with Crippen molar-refractivity contribution in [2.45, 2.75) is 19.4 Å². The minimum Gasteiger partial charge on any atom is -0.459 e. The Bertz CT molecular complexity index is 357. The fourth-order valence-electron chi connectivity index (χ4n) is 0.980. The first-order valence-corrected chi connectivity index (χ1v) is 6.49. The van der Waals surface area contributed by atoms with Crippen LogP contribution >= 0.6 is 0 Å². The van der Waals surface area contributed by atoms with Crippen LogP contribution in [0.3, 0.4) is 0 Å². The van der Waals surface area contributed by atoms with Gasteiger partial charge in [-0.2, -0.15) is 5.26 Å². The summed E-state index contributed by atoms with van der Waals surface area (Å²) in [6.07, 6.45) is -0.605. The van der Waals surface area contributed by atoms with Gasteiger partial charge in [-0.15, -0.1) is 0 Å². The Morgan fingerprint density at radius 2 is 2.12 bits per heavy atom. The van der Waals surface area contributed by atoms with E-state index in [0.29, 0.717) is 0 Å². The minimum atomic E-state index is -3.54. The molecule has 0 amide bonds.